The summed E-state index contributed by atoms with van der Waals surface area (Å²) in [5.74, 6) is 1.35. The number of amides is 1. The van der Waals surface area contributed by atoms with Crippen molar-refractivity contribution in [2.45, 2.75) is 26.4 Å². The molecule has 26 heavy (non-hydrogen) atoms. The van der Waals surface area contributed by atoms with E-state index in [4.69, 9.17) is 4.74 Å². The van der Waals surface area contributed by atoms with E-state index in [1.54, 1.807) is 22.0 Å². The first-order valence-corrected chi connectivity index (χ1v) is 8.62. The van der Waals surface area contributed by atoms with Crippen LogP contribution in [0.3, 0.4) is 0 Å². The van der Waals surface area contributed by atoms with Gasteiger partial charge in [0.05, 0.1) is 11.9 Å². The smallest absolute Gasteiger partial charge is 0.410 e. The van der Waals surface area contributed by atoms with Crippen molar-refractivity contribution in [3.8, 4) is 0 Å². The molecule has 0 bridgehead atoms. The number of rotatable bonds is 3. The number of nitrogens with zero attached hydrogens (tertiary/aromatic N) is 6. The highest BCUT2D eigenvalue weighted by molar-refractivity contribution is 5.68. The van der Waals surface area contributed by atoms with Gasteiger partial charge in [0.1, 0.15) is 11.4 Å². The van der Waals surface area contributed by atoms with Crippen LogP contribution >= 0.6 is 0 Å². The highest BCUT2D eigenvalue weighted by Gasteiger charge is 2.26. The minimum absolute atomic E-state index is 0.265. The Labute approximate surface area is 153 Å². The van der Waals surface area contributed by atoms with E-state index in [1.807, 2.05) is 40.1 Å². The first-order valence-electron chi connectivity index (χ1n) is 8.62. The summed E-state index contributed by atoms with van der Waals surface area (Å²) in [5.41, 5.74) is 0.354. The minimum Gasteiger partial charge on any atom is -0.444 e. The van der Waals surface area contributed by atoms with Crippen LogP contribution in [-0.4, -0.2) is 62.5 Å². The predicted octanol–water partition coefficient (Wildman–Crippen LogP) is 2.01. The molecule has 0 saturated carbocycles. The largest absolute Gasteiger partial charge is 0.444 e. The number of hydrogen-bond acceptors (Lipinski definition) is 7. The lowest BCUT2D eigenvalue weighted by Crippen LogP contribution is -2.50. The summed E-state index contributed by atoms with van der Waals surface area (Å²) in [6.07, 6.45) is 5.03. The SMILES string of the molecule is Cn1cc(Nc2nccc(N3CCN(C(=O)OC(C)(C)C)CC3)n2)cn1. The average Bonchev–Trinajstić information content (AvgIpc) is 2.98. The first-order chi connectivity index (χ1) is 12.3. The van der Waals surface area contributed by atoms with Crippen molar-refractivity contribution in [3.05, 3.63) is 24.7 Å². The molecule has 140 valence electrons. The zero-order valence-corrected chi connectivity index (χ0v) is 15.6. The Balaban J connectivity index is 1.59. The third-order valence-electron chi connectivity index (χ3n) is 3.86. The fourth-order valence-corrected chi connectivity index (χ4v) is 2.64. The standard InChI is InChI=1S/C17H25N7O2/c1-17(2,3)26-16(25)24-9-7-23(8-10-24)14-5-6-18-15(21-14)20-13-11-19-22(4)12-13/h5-6,11-12H,7-10H2,1-4H3,(H,18,20,21). The predicted molar refractivity (Wildman–Crippen MR) is 98.5 cm³/mol. The Morgan fingerprint density at radius 2 is 1.96 bits per heavy atom. The third kappa shape index (κ3) is 4.62. The molecule has 3 rings (SSSR count). The fraction of sp³-hybridized carbons (Fsp3) is 0.529. The van der Waals surface area contributed by atoms with Crippen molar-refractivity contribution in [2.75, 3.05) is 36.4 Å². The van der Waals surface area contributed by atoms with Crippen molar-refractivity contribution >= 4 is 23.5 Å². The van der Waals surface area contributed by atoms with Gasteiger partial charge in [-0.25, -0.2) is 9.78 Å². The number of carbonyl (C=O) groups excluding carboxylic acids is 1. The minimum atomic E-state index is -0.478. The highest BCUT2D eigenvalue weighted by atomic mass is 16.6. The zero-order chi connectivity index (χ0) is 18.7. The Morgan fingerprint density at radius 1 is 1.23 bits per heavy atom. The first kappa shape index (κ1) is 18.0. The van der Waals surface area contributed by atoms with Crippen molar-refractivity contribution in [1.29, 1.82) is 0 Å². The van der Waals surface area contributed by atoms with E-state index < -0.39 is 5.60 Å². The van der Waals surface area contributed by atoms with Crippen molar-refractivity contribution in [1.82, 2.24) is 24.6 Å². The lowest BCUT2D eigenvalue weighted by molar-refractivity contribution is 0.0240. The van der Waals surface area contributed by atoms with Gasteiger partial charge in [-0.15, -0.1) is 0 Å². The van der Waals surface area contributed by atoms with E-state index in [-0.39, 0.29) is 6.09 Å². The molecule has 1 fully saturated rings. The number of aromatic nitrogens is 4. The summed E-state index contributed by atoms with van der Waals surface area (Å²) in [4.78, 5) is 24.8. The molecule has 1 aliphatic rings. The molecular formula is C17H25N7O2. The van der Waals surface area contributed by atoms with Gasteiger partial charge in [-0.05, 0) is 26.8 Å². The molecule has 3 heterocycles. The van der Waals surface area contributed by atoms with Gasteiger partial charge < -0.3 is 19.9 Å². The van der Waals surface area contributed by atoms with Gasteiger partial charge in [-0.1, -0.05) is 0 Å². The molecule has 0 unspecified atom stereocenters. The molecule has 0 radical (unpaired) electrons. The summed E-state index contributed by atoms with van der Waals surface area (Å²) in [6.45, 7) is 8.22. The summed E-state index contributed by atoms with van der Waals surface area (Å²) >= 11 is 0. The molecule has 0 aliphatic carbocycles. The Hall–Kier alpha value is -2.84. The molecule has 0 aromatic carbocycles. The Morgan fingerprint density at radius 3 is 2.58 bits per heavy atom. The molecule has 2 aromatic heterocycles. The lowest BCUT2D eigenvalue weighted by Gasteiger charge is -2.36. The van der Waals surface area contributed by atoms with Crippen LogP contribution in [0.5, 0.6) is 0 Å². The molecule has 9 nitrogen and oxygen atoms in total. The van der Waals surface area contributed by atoms with Gasteiger partial charge in [0.2, 0.25) is 5.95 Å². The Kier molecular flexibility index (Phi) is 4.97. The van der Waals surface area contributed by atoms with Crippen LogP contribution in [-0.2, 0) is 11.8 Å². The number of hydrogen-bond donors (Lipinski definition) is 1. The molecule has 0 spiro atoms. The van der Waals surface area contributed by atoms with E-state index in [9.17, 15) is 4.79 Å². The normalized spacial score (nSPS) is 15.1. The summed E-state index contributed by atoms with van der Waals surface area (Å²) < 4.78 is 7.14. The van der Waals surface area contributed by atoms with Crippen LogP contribution in [0.2, 0.25) is 0 Å². The van der Waals surface area contributed by atoms with Gasteiger partial charge in [-0.2, -0.15) is 10.1 Å². The van der Waals surface area contributed by atoms with Gasteiger partial charge in [0.25, 0.3) is 0 Å². The summed E-state index contributed by atoms with van der Waals surface area (Å²) in [7, 11) is 1.85. The second kappa shape index (κ2) is 7.19. The Bertz CT molecular complexity index is 760. The number of carbonyl (C=O) groups is 1. The topological polar surface area (TPSA) is 88.4 Å². The maximum absolute atomic E-state index is 12.2. The maximum Gasteiger partial charge on any atom is 0.410 e. The second-order valence-corrected chi connectivity index (χ2v) is 7.22. The zero-order valence-electron chi connectivity index (χ0n) is 15.6. The fourth-order valence-electron chi connectivity index (χ4n) is 2.64. The molecule has 2 aromatic rings. The van der Waals surface area contributed by atoms with E-state index in [0.29, 0.717) is 32.1 Å². The van der Waals surface area contributed by atoms with Crippen molar-refractivity contribution in [3.63, 3.8) is 0 Å². The molecule has 1 amide bonds. The van der Waals surface area contributed by atoms with Gasteiger partial charge in [0.15, 0.2) is 0 Å². The lowest BCUT2D eigenvalue weighted by atomic mass is 10.2. The molecule has 1 aliphatic heterocycles. The molecule has 1 N–H and O–H groups in total. The quantitative estimate of drug-likeness (QED) is 0.897. The number of ether oxygens (including phenoxy) is 1. The molecular weight excluding hydrogens is 334 g/mol. The number of anilines is 3. The van der Waals surface area contributed by atoms with E-state index in [0.717, 1.165) is 11.5 Å². The van der Waals surface area contributed by atoms with Crippen LogP contribution in [0.1, 0.15) is 20.8 Å². The second-order valence-electron chi connectivity index (χ2n) is 7.22. The van der Waals surface area contributed by atoms with Crippen LogP contribution in [0.15, 0.2) is 24.7 Å². The number of nitrogens with one attached hydrogen (secondary N) is 1. The van der Waals surface area contributed by atoms with E-state index in [1.165, 1.54) is 0 Å². The van der Waals surface area contributed by atoms with Gasteiger partial charge in [-0.3, -0.25) is 4.68 Å². The maximum atomic E-state index is 12.2. The van der Waals surface area contributed by atoms with Crippen LogP contribution < -0.4 is 10.2 Å². The number of aryl methyl sites for hydroxylation is 1. The highest BCUT2D eigenvalue weighted by Crippen LogP contribution is 2.18. The van der Waals surface area contributed by atoms with Gasteiger partial charge in [0, 0.05) is 45.6 Å². The van der Waals surface area contributed by atoms with Crippen molar-refractivity contribution < 1.29 is 9.53 Å². The summed E-state index contributed by atoms with van der Waals surface area (Å²) in [6, 6.07) is 1.87. The molecule has 1 saturated heterocycles. The van der Waals surface area contributed by atoms with Crippen LogP contribution in [0.4, 0.5) is 22.2 Å². The number of piperazine rings is 1. The van der Waals surface area contributed by atoms with Crippen LogP contribution in [0.25, 0.3) is 0 Å². The average molecular weight is 359 g/mol. The van der Waals surface area contributed by atoms with Gasteiger partial charge >= 0.3 is 6.09 Å². The molecule has 9 heteroatoms. The van der Waals surface area contributed by atoms with Crippen molar-refractivity contribution in [2.24, 2.45) is 7.05 Å². The van der Waals surface area contributed by atoms with E-state index >= 15 is 0 Å². The monoisotopic (exact) mass is 359 g/mol. The van der Waals surface area contributed by atoms with Crippen LogP contribution in [0, 0.1) is 0 Å². The third-order valence-corrected chi connectivity index (χ3v) is 3.86. The van der Waals surface area contributed by atoms with E-state index in [2.05, 4.69) is 25.3 Å². The molecule has 0 atom stereocenters. The summed E-state index contributed by atoms with van der Waals surface area (Å²) in [5, 5.41) is 7.25.